The second kappa shape index (κ2) is 5.38. The molecule has 0 fully saturated rings. The Bertz CT molecular complexity index is 807. The van der Waals surface area contributed by atoms with Crippen LogP contribution in [0.2, 0.25) is 0 Å². The molecule has 0 aliphatic heterocycles. The van der Waals surface area contributed by atoms with Crippen molar-refractivity contribution in [1.82, 2.24) is 9.97 Å². The zero-order valence-corrected chi connectivity index (χ0v) is 11.7. The first kappa shape index (κ1) is 13.3. The van der Waals surface area contributed by atoms with Crippen LogP contribution >= 0.6 is 0 Å². The number of aryl methyl sites for hydroxylation is 1. The van der Waals surface area contributed by atoms with Gasteiger partial charge in [-0.05, 0) is 25.1 Å². The molecule has 1 aromatic carbocycles. The molecule has 5 heteroatoms. The Kier molecular flexibility index (Phi) is 3.41. The number of H-pyrrole nitrogens is 1. The topological polar surface area (TPSA) is 83.8 Å². The van der Waals surface area contributed by atoms with Crippen LogP contribution in [-0.2, 0) is 6.54 Å². The number of carbonyl (C=O) groups excluding carboxylic acids is 1. The summed E-state index contributed by atoms with van der Waals surface area (Å²) in [4.78, 5) is 19.7. The van der Waals surface area contributed by atoms with Crippen molar-refractivity contribution in [3.8, 4) is 0 Å². The van der Waals surface area contributed by atoms with Crippen molar-refractivity contribution in [1.29, 1.82) is 0 Å². The van der Waals surface area contributed by atoms with Crippen LogP contribution in [-0.4, -0.2) is 15.9 Å². The number of nitrogens with zero attached hydrogens (tertiary/aromatic N) is 1. The lowest BCUT2D eigenvalue weighted by Gasteiger charge is -2.06. The second-order valence-corrected chi connectivity index (χ2v) is 4.86. The highest BCUT2D eigenvalue weighted by Crippen LogP contribution is 2.27. The molecule has 0 saturated carbocycles. The van der Waals surface area contributed by atoms with E-state index in [0.717, 1.165) is 22.3 Å². The number of nitrogens with one attached hydrogen (secondary N) is 2. The number of amides is 1. The summed E-state index contributed by atoms with van der Waals surface area (Å²) in [5, 5.41) is 3.96. The van der Waals surface area contributed by atoms with Gasteiger partial charge >= 0.3 is 0 Å². The first-order valence-electron chi connectivity index (χ1n) is 6.72. The van der Waals surface area contributed by atoms with Crippen LogP contribution in [0.25, 0.3) is 10.9 Å². The van der Waals surface area contributed by atoms with Gasteiger partial charge in [-0.3, -0.25) is 9.78 Å². The lowest BCUT2D eigenvalue weighted by atomic mass is 10.2. The molecule has 0 saturated heterocycles. The SMILES string of the molecule is Cc1[nH]c2ccccc2c1NC(=O)c1ccnc(CN)c1. The molecule has 2 heterocycles. The third-order valence-corrected chi connectivity index (χ3v) is 3.42. The Labute approximate surface area is 122 Å². The van der Waals surface area contributed by atoms with E-state index >= 15 is 0 Å². The molecule has 5 nitrogen and oxygen atoms in total. The van der Waals surface area contributed by atoms with Crippen molar-refractivity contribution in [2.24, 2.45) is 5.73 Å². The van der Waals surface area contributed by atoms with Gasteiger partial charge in [0.15, 0.2) is 0 Å². The van der Waals surface area contributed by atoms with Crippen LogP contribution < -0.4 is 11.1 Å². The number of rotatable bonds is 3. The molecule has 4 N–H and O–H groups in total. The summed E-state index contributed by atoms with van der Waals surface area (Å²) in [6, 6.07) is 11.3. The fourth-order valence-corrected chi connectivity index (χ4v) is 2.35. The van der Waals surface area contributed by atoms with E-state index in [4.69, 9.17) is 5.73 Å². The van der Waals surface area contributed by atoms with Gasteiger partial charge in [0.05, 0.1) is 11.4 Å². The van der Waals surface area contributed by atoms with Gasteiger partial charge < -0.3 is 16.0 Å². The van der Waals surface area contributed by atoms with Crippen molar-refractivity contribution < 1.29 is 4.79 Å². The van der Waals surface area contributed by atoms with Gasteiger partial charge in [-0.1, -0.05) is 18.2 Å². The number of benzene rings is 1. The van der Waals surface area contributed by atoms with E-state index in [1.54, 1.807) is 18.3 Å². The lowest BCUT2D eigenvalue weighted by molar-refractivity contribution is 0.102. The minimum Gasteiger partial charge on any atom is -0.357 e. The van der Waals surface area contributed by atoms with E-state index in [-0.39, 0.29) is 5.91 Å². The molecule has 2 aromatic heterocycles. The molecular formula is C16H16N4O. The molecule has 0 bridgehead atoms. The van der Waals surface area contributed by atoms with Crippen LogP contribution in [0.15, 0.2) is 42.6 Å². The Morgan fingerprint density at radius 1 is 1.33 bits per heavy atom. The molecule has 21 heavy (non-hydrogen) atoms. The number of aromatic amines is 1. The standard InChI is InChI=1S/C16H16N4O/c1-10-15(13-4-2-3-5-14(13)19-10)20-16(21)11-6-7-18-12(8-11)9-17/h2-8,19H,9,17H2,1H3,(H,20,21). The van der Waals surface area contributed by atoms with E-state index < -0.39 is 0 Å². The highest BCUT2D eigenvalue weighted by molar-refractivity contribution is 6.09. The Hall–Kier alpha value is -2.66. The molecule has 1 amide bonds. The monoisotopic (exact) mass is 280 g/mol. The van der Waals surface area contributed by atoms with Gasteiger partial charge in [0.2, 0.25) is 0 Å². The van der Waals surface area contributed by atoms with E-state index in [2.05, 4.69) is 15.3 Å². The van der Waals surface area contributed by atoms with Crippen molar-refractivity contribution in [3.63, 3.8) is 0 Å². The molecule has 0 spiro atoms. The van der Waals surface area contributed by atoms with Crippen LogP contribution in [0.4, 0.5) is 5.69 Å². The third kappa shape index (κ3) is 2.51. The van der Waals surface area contributed by atoms with Crippen LogP contribution in [0.1, 0.15) is 21.7 Å². The number of nitrogens with two attached hydrogens (primary N) is 1. The normalized spacial score (nSPS) is 10.8. The summed E-state index contributed by atoms with van der Waals surface area (Å²) in [6.07, 6.45) is 1.60. The highest BCUT2D eigenvalue weighted by atomic mass is 16.1. The Balaban J connectivity index is 1.94. The summed E-state index contributed by atoms with van der Waals surface area (Å²) >= 11 is 0. The highest BCUT2D eigenvalue weighted by Gasteiger charge is 2.13. The summed E-state index contributed by atoms with van der Waals surface area (Å²) in [5.74, 6) is -0.167. The van der Waals surface area contributed by atoms with Crippen LogP contribution in [0, 0.1) is 6.92 Å². The first-order valence-corrected chi connectivity index (χ1v) is 6.72. The second-order valence-electron chi connectivity index (χ2n) is 4.86. The number of anilines is 1. The minimum atomic E-state index is -0.167. The van der Waals surface area contributed by atoms with Gasteiger partial charge in [-0.15, -0.1) is 0 Å². The van der Waals surface area contributed by atoms with E-state index in [0.29, 0.717) is 17.8 Å². The number of hydrogen-bond acceptors (Lipinski definition) is 3. The Morgan fingerprint density at radius 3 is 2.95 bits per heavy atom. The summed E-state index contributed by atoms with van der Waals surface area (Å²) in [5.41, 5.74) is 9.54. The molecule has 0 unspecified atom stereocenters. The summed E-state index contributed by atoms with van der Waals surface area (Å²) in [6.45, 7) is 2.25. The van der Waals surface area contributed by atoms with Gasteiger partial charge in [-0.2, -0.15) is 0 Å². The summed E-state index contributed by atoms with van der Waals surface area (Å²) < 4.78 is 0. The molecule has 0 radical (unpaired) electrons. The maximum Gasteiger partial charge on any atom is 0.255 e. The maximum atomic E-state index is 12.4. The quantitative estimate of drug-likeness (QED) is 0.689. The summed E-state index contributed by atoms with van der Waals surface area (Å²) in [7, 11) is 0. The van der Waals surface area contributed by atoms with E-state index in [9.17, 15) is 4.79 Å². The molecule has 0 aliphatic rings. The predicted molar refractivity (Wildman–Crippen MR) is 83.1 cm³/mol. The van der Waals surface area contributed by atoms with Crippen LogP contribution in [0.3, 0.4) is 0 Å². The van der Waals surface area contributed by atoms with Crippen molar-refractivity contribution in [2.75, 3.05) is 5.32 Å². The predicted octanol–water partition coefficient (Wildman–Crippen LogP) is 2.58. The molecular weight excluding hydrogens is 264 g/mol. The number of aromatic nitrogens is 2. The van der Waals surface area contributed by atoms with Crippen molar-refractivity contribution in [2.45, 2.75) is 13.5 Å². The lowest BCUT2D eigenvalue weighted by Crippen LogP contribution is -2.13. The molecule has 3 rings (SSSR count). The van der Waals surface area contributed by atoms with Gasteiger partial charge in [0.1, 0.15) is 0 Å². The van der Waals surface area contributed by atoms with E-state index in [1.165, 1.54) is 0 Å². The average Bonchev–Trinajstić information content (AvgIpc) is 2.83. The fraction of sp³-hybridized carbons (Fsp3) is 0.125. The van der Waals surface area contributed by atoms with Gasteiger partial charge in [0, 0.05) is 34.9 Å². The van der Waals surface area contributed by atoms with E-state index in [1.807, 2.05) is 31.2 Å². The molecule has 106 valence electrons. The first-order chi connectivity index (χ1) is 10.2. The molecule has 0 aliphatic carbocycles. The third-order valence-electron chi connectivity index (χ3n) is 3.42. The molecule has 3 aromatic rings. The van der Waals surface area contributed by atoms with Gasteiger partial charge in [-0.25, -0.2) is 0 Å². The number of pyridine rings is 1. The largest absolute Gasteiger partial charge is 0.357 e. The van der Waals surface area contributed by atoms with Crippen LogP contribution in [0.5, 0.6) is 0 Å². The van der Waals surface area contributed by atoms with Gasteiger partial charge in [0.25, 0.3) is 5.91 Å². The molecule has 0 atom stereocenters. The number of fused-ring (bicyclic) bond motifs is 1. The minimum absolute atomic E-state index is 0.167. The van der Waals surface area contributed by atoms with Crippen molar-refractivity contribution >= 4 is 22.5 Å². The number of hydrogen-bond donors (Lipinski definition) is 3. The fourth-order valence-electron chi connectivity index (χ4n) is 2.35. The van der Waals surface area contributed by atoms with Crippen molar-refractivity contribution in [3.05, 3.63) is 59.5 Å². The number of para-hydroxylation sites is 1. The zero-order chi connectivity index (χ0) is 14.8. The Morgan fingerprint density at radius 2 is 2.14 bits per heavy atom. The number of carbonyl (C=O) groups is 1. The zero-order valence-electron chi connectivity index (χ0n) is 11.7. The smallest absolute Gasteiger partial charge is 0.255 e. The maximum absolute atomic E-state index is 12.4. The average molecular weight is 280 g/mol.